The van der Waals surface area contributed by atoms with E-state index in [1.54, 1.807) is 48.5 Å². The Kier molecular flexibility index (Phi) is 4.63. The van der Waals surface area contributed by atoms with Gasteiger partial charge in [-0.15, -0.1) is 0 Å². The van der Waals surface area contributed by atoms with E-state index in [9.17, 15) is 8.42 Å². The number of hydrogen-bond acceptors (Lipinski definition) is 3. The van der Waals surface area contributed by atoms with Crippen LogP contribution in [0.4, 0.5) is 5.69 Å². The molecular weight excluding hydrogens is 284 g/mol. The molecular formula is C16H16N2O2S. The molecule has 0 radical (unpaired) electrons. The highest BCUT2D eigenvalue weighted by molar-refractivity contribution is 7.92. The highest BCUT2D eigenvalue weighted by atomic mass is 32.2. The van der Waals surface area contributed by atoms with Crippen LogP contribution in [-0.2, 0) is 10.0 Å². The minimum atomic E-state index is -3.63. The van der Waals surface area contributed by atoms with E-state index in [-0.39, 0.29) is 11.4 Å². The van der Waals surface area contributed by atoms with Crippen molar-refractivity contribution in [1.82, 2.24) is 0 Å². The van der Waals surface area contributed by atoms with E-state index >= 15 is 0 Å². The summed E-state index contributed by atoms with van der Waals surface area (Å²) in [6, 6.07) is 13.6. The van der Waals surface area contributed by atoms with Crippen LogP contribution in [-0.4, -0.2) is 15.0 Å². The van der Waals surface area contributed by atoms with Gasteiger partial charge in [0.2, 0.25) is 0 Å². The van der Waals surface area contributed by atoms with Gasteiger partial charge < -0.3 is 5.73 Å². The second-order valence-corrected chi connectivity index (χ2v) is 6.15. The number of sulfonamides is 1. The lowest BCUT2D eigenvalue weighted by Crippen LogP contribution is -2.13. The summed E-state index contributed by atoms with van der Waals surface area (Å²) < 4.78 is 27.3. The summed E-state index contributed by atoms with van der Waals surface area (Å²) in [5.41, 5.74) is 7.39. The number of hydrogen-bond donors (Lipinski definition) is 2. The van der Waals surface area contributed by atoms with E-state index in [0.29, 0.717) is 11.3 Å². The molecule has 21 heavy (non-hydrogen) atoms. The van der Waals surface area contributed by atoms with Gasteiger partial charge in [-0.05, 0) is 31.2 Å². The smallest absolute Gasteiger partial charge is 0.261 e. The summed E-state index contributed by atoms with van der Waals surface area (Å²) in [6.07, 6.45) is 0. The molecule has 2 aromatic rings. The van der Waals surface area contributed by atoms with Crippen LogP contribution in [0.1, 0.15) is 11.1 Å². The summed E-state index contributed by atoms with van der Waals surface area (Å²) in [5.74, 6) is 5.58. The Hall–Kier alpha value is -2.29. The summed E-state index contributed by atoms with van der Waals surface area (Å²) in [5, 5.41) is 0. The first-order chi connectivity index (χ1) is 10.0. The average molecular weight is 300 g/mol. The van der Waals surface area contributed by atoms with Gasteiger partial charge in [0.1, 0.15) is 0 Å². The van der Waals surface area contributed by atoms with Crippen molar-refractivity contribution < 1.29 is 8.42 Å². The zero-order chi connectivity index (χ0) is 15.3. The highest BCUT2D eigenvalue weighted by Gasteiger charge is 2.15. The Morgan fingerprint density at radius 2 is 1.76 bits per heavy atom. The Bertz CT molecular complexity index is 785. The average Bonchev–Trinajstić information content (AvgIpc) is 2.46. The van der Waals surface area contributed by atoms with Crippen molar-refractivity contribution in [3.05, 3.63) is 59.7 Å². The predicted molar refractivity (Wildman–Crippen MR) is 84.4 cm³/mol. The van der Waals surface area contributed by atoms with Crippen LogP contribution in [0.25, 0.3) is 0 Å². The molecule has 3 N–H and O–H groups in total. The third-order valence-electron chi connectivity index (χ3n) is 2.83. The van der Waals surface area contributed by atoms with Crippen LogP contribution in [0.5, 0.6) is 0 Å². The van der Waals surface area contributed by atoms with Gasteiger partial charge in [0.25, 0.3) is 10.0 Å². The van der Waals surface area contributed by atoms with Gasteiger partial charge in [0.05, 0.1) is 17.1 Å². The normalized spacial score (nSPS) is 10.6. The minimum absolute atomic E-state index is 0.217. The fourth-order valence-electron chi connectivity index (χ4n) is 1.75. The number of anilines is 1. The molecule has 0 atom stereocenters. The summed E-state index contributed by atoms with van der Waals surface area (Å²) in [7, 11) is -3.63. The van der Waals surface area contributed by atoms with Crippen molar-refractivity contribution in [1.29, 1.82) is 0 Å². The number of nitrogens with one attached hydrogen (secondary N) is 1. The lowest BCUT2D eigenvalue weighted by atomic mass is 10.2. The monoisotopic (exact) mass is 300 g/mol. The lowest BCUT2D eigenvalue weighted by molar-refractivity contribution is 0.601. The first-order valence-electron chi connectivity index (χ1n) is 6.40. The first-order valence-corrected chi connectivity index (χ1v) is 7.89. The zero-order valence-corrected chi connectivity index (χ0v) is 12.4. The molecule has 0 heterocycles. The molecule has 4 nitrogen and oxygen atoms in total. The topological polar surface area (TPSA) is 72.2 Å². The van der Waals surface area contributed by atoms with Crippen molar-refractivity contribution >= 4 is 15.7 Å². The second kappa shape index (κ2) is 6.44. The standard InChI is InChI=1S/C16H16N2O2S/c1-13-8-10-15(11-9-13)21(19,20)18-16-7-3-2-5-14(16)6-4-12-17/h2-3,5,7-11,18H,12,17H2,1H3. The highest BCUT2D eigenvalue weighted by Crippen LogP contribution is 2.19. The Balaban J connectivity index is 2.35. The summed E-state index contributed by atoms with van der Waals surface area (Å²) in [4.78, 5) is 0.217. The van der Waals surface area contributed by atoms with Crippen molar-refractivity contribution in [3.8, 4) is 11.8 Å². The molecule has 0 aromatic heterocycles. The van der Waals surface area contributed by atoms with E-state index in [2.05, 4.69) is 16.6 Å². The lowest BCUT2D eigenvalue weighted by Gasteiger charge is -2.10. The quantitative estimate of drug-likeness (QED) is 0.853. The Morgan fingerprint density at radius 1 is 1.10 bits per heavy atom. The number of para-hydroxylation sites is 1. The first kappa shape index (κ1) is 15.1. The van der Waals surface area contributed by atoms with Gasteiger partial charge in [-0.3, -0.25) is 4.72 Å². The van der Waals surface area contributed by atoms with Gasteiger partial charge in [0.15, 0.2) is 0 Å². The maximum absolute atomic E-state index is 12.4. The Labute approximate surface area is 125 Å². The predicted octanol–water partition coefficient (Wildman–Crippen LogP) is 2.11. The fraction of sp³-hybridized carbons (Fsp3) is 0.125. The molecule has 0 fully saturated rings. The van der Waals surface area contributed by atoms with E-state index in [1.807, 2.05) is 6.92 Å². The molecule has 2 aromatic carbocycles. The van der Waals surface area contributed by atoms with Crippen LogP contribution in [0.3, 0.4) is 0 Å². The van der Waals surface area contributed by atoms with E-state index in [1.165, 1.54) is 0 Å². The number of nitrogens with two attached hydrogens (primary N) is 1. The van der Waals surface area contributed by atoms with Crippen LogP contribution >= 0.6 is 0 Å². The molecule has 0 unspecified atom stereocenters. The van der Waals surface area contributed by atoms with E-state index in [4.69, 9.17) is 5.73 Å². The van der Waals surface area contributed by atoms with Crippen LogP contribution < -0.4 is 10.5 Å². The molecule has 0 aliphatic carbocycles. The molecule has 0 saturated heterocycles. The maximum atomic E-state index is 12.4. The molecule has 108 valence electrons. The van der Waals surface area contributed by atoms with Crippen molar-refractivity contribution in [2.75, 3.05) is 11.3 Å². The summed E-state index contributed by atoms with van der Waals surface area (Å²) in [6.45, 7) is 2.13. The fourth-order valence-corrected chi connectivity index (χ4v) is 2.83. The van der Waals surface area contributed by atoms with Crippen LogP contribution in [0.2, 0.25) is 0 Å². The zero-order valence-electron chi connectivity index (χ0n) is 11.6. The second-order valence-electron chi connectivity index (χ2n) is 4.47. The van der Waals surface area contributed by atoms with E-state index in [0.717, 1.165) is 5.56 Å². The molecule has 2 rings (SSSR count). The number of benzene rings is 2. The molecule has 5 heteroatoms. The number of aryl methyl sites for hydroxylation is 1. The van der Waals surface area contributed by atoms with Crippen molar-refractivity contribution in [2.24, 2.45) is 5.73 Å². The molecule has 0 aliphatic heterocycles. The molecule has 0 amide bonds. The molecule has 0 spiro atoms. The van der Waals surface area contributed by atoms with E-state index < -0.39 is 10.0 Å². The van der Waals surface area contributed by atoms with Crippen LogP contribution in [0.15, 0.2) is 53.4 Å². The summed E-state index contributed by atoms with van der Waals surface area (Å²) >= 11 is 0. The Morgan fingerprint density at radius 3 is 2.43 bits per heavy atom. The molecule has 0 bridgehead atoms. The van der Waals surface area contributed by atoms with Gasteiger partial charge >= 0.3 is 0 Å². The molecule has 0 aliphatic rings. The van der Waals surface area contributed by atoms with Gasteiger partial charge in [-0.2, -0.15) is 0 Å². The van der Waals surface area contributed by atoms with Crippen molar-refractivity contribution in [2.45, 2.75) is 11.8 Å². The minimum Gasteiger partial charge on any atom is -0.320 e. The largest absolute Gasteiger partial charge is 0.320 e. The van der Waals surface area contributed by atoms with Crippen LogP contribution in [0, 0.1) is 18.8 Å². The van der Waals surface area contributed by atoms with Gasteiger partial charge in [-0.25, -0.2) is 8.42 Å². The van der Waals surface area contributed by atoms with Gasteiger partial charge in [-0.1, -0.05) is 41.7 Å². The third kappa shape index (κ3) is 3.85. The number of rotatable bonds is 3. The SMILES string of the molecule is Cc1ccc(S(=O)(=O)Nc2ccccc2C#CCN)cc1. The third-order valence-corrected chi connectivity index (χ3v) is 4.21. The maximum Gasteiger partial charge on any atom is 0.261 e. The van der Waals surface area contributed by atoms with Crippen molar-refractivity contribution in [3.63, 3.8) is 0 Å². The molecule has 0 saturated carbocycles. The van der Waals surface area contributed by atoms with Gasteiger partial charge in [0, 0.05) is 5.56 Å².